The maximum Gasteiger partial charge on any atom is 0.123 e. The molecule has 1 aromatic carbocycles. The van der Waals surface area contributed by atoms with Gasteiger partial charge in [0.2, 0.25) is 0 Å². The van der Waals surface area contributed by atoms with Gasteiger partial charge in [0.15, 0.2) is 0 Å². The molecule has 0 aliphatic carbocycles. The third-order valence-electron chi connectivity index (χ3n) is 3.40. The zero-order valence-electron chi connectivity index (χ0n) is 11.3. The fraction of sp³-hybridized carbons (Fsp3) is 0.400. The average molecular weight is 259 g/mol. The van der Waals surface area contributed by atoms with Crippen molar-refractivity contribution in [3.05, 3.63) is 35.8 Å². The lowest BCUT2D eigenvalue weighted by Gasteiger charge is -2.23. The highest BCUT2D eigenvalue weighted by atomic mass is 19.1. The van der Waals surface area contributed by atoms with Crippen LogP contribution in [-0.4, -0.2) is 29.0 Å². The van der Waals surface area contributed by atoms with E-state index in [1.54, 1.807) is 12.1 Å². The third-order valence-corrected chi connectivity index (χ3v) is 3.40. The summed E-state index contributed by atoms with van der Waals surface area (Å²) in [5.74, 6) is -0.217. The number of nitriles is 1. The molecule has 2 aromatic rings. The normalized spacial score (nSPS) is 11.4. The largest absolute Gasteiger partial charge is 0.361 e. The Labute approximate surface area is 112 Å². The first-order chi connectivity index (χ1) is 9.11. The summed E-state index contributed by atoms with van der Waals surface area (Å²) in [5, 5.41) is 9.73. The van der Waals surface area contributed by atoms with Crippen LogP contribution in [0.3, 0.4) is 0 Å². The van der Waals surface area contributed by atoms with Gasteiger partial charge in [-0.2, -0.15) is 5.26 Å². The van der Waals surface area contributed by atoms with Gasteiger partial charge in [-0.15, -0.1) is 0 Å². The minimum Gasteiger partial charge on any atom is -0.361 e. The molecule has 0 amide bonds. The molecule has 1 aromatic heterocycles. The van der Waals surface area contributed by atoms with Gasteiger partial charge in [-0.25, -0.2) is 4.39 Å². The van der Waals surface area contributed by atoms with E-state index < -0.39 is 0 Å². The number of hydrogen-bond donors (Lipinski definition) is 1. The topological polar surface area (TPSA) is 42.8 Å². The van der Waals surface area contributed by atoms with Gasteiger partial charge >= 0.3 is 0 Å². The third kappa shape index (κ3) is 3.12. The first kappa shape index (κ1) is 13.6. The predicted octanol–water partition coefficient (Wildman–Crippen LogP) is 3.08. The second kappa shape index (κ2) is 5.85. The summed E-state index contributed by atoms with van der Waals surface area (Å²) in [4.78, 5) is 5.26. The molecule has 0 unspecified atom stereocenters. The SMILES string of the molecule is CC(C)N(CC#N)CCc1c[nH]c2ccc(F)cc12. The van der Waals surface area contributed by atoms with Crippen LogP contribution < -0.4 is 0 Å². The molecule has 0 atom stereocenters. The molecule has 3 nitrogen and oxygen atoms in total. The van der Waals surface area contributed by atoms with Crippen LogP contribution in [0.1, 0.15) is 19.4 Å². The van der Waals surface area contributed by atoms with Gasteiger partial charge in [0.1, 0.15) is 5.82 Å². The number of fused-ring (bicyclic) bond motifs is 1. The van der Waals surface area contributed by atoms with E-state index in [2.05, 4.69) is 29.8 Å². The summed E-state index contributed by atoms with van der Waals surface area (Å²) in [6.45, 7) is 5.38. The number of rotatable bonds is 5. The number of hydrogen-bond acceptors (Lipinski definition) is 2. The second-order valence-electron chi connectivity index (χ2n) is 4.98. The minimum absolute atomic E-state index is 0.217. The molecule has 0 bridgehead atoms. The number of aromatic amines is 1. The maximum absolute atomic E-state index is 13.3. The number of aromatic nitrogens is 1. The quantitative estimate of drug-likeness (QED) is 0.838. The van der Waals surface area contributed by atoms with Crippen LogP contribution in [0.4, 0.5) is 4.39 Å². The lowest BCUT2D eigenvalue weighted by atomic mass is 10.1. The molecular weight excluding hydrogens is 241 g/mol. The van der Waals surface area contributed by atoms with E-state index in [1.165, 1.54) is 6.07 Å². The van der Waals surface area contributed by atoms with E-state index in [0.717, 1.165) is 29.4 Å². The van der Waals surface area contributed by atoms with Gasteiger partial charge < -0.3 is 4.98 Å². The van der Waals surface area contributed by atoms with Gasteiger partial charge in [0.25, 0.3) is 0 Å². The molecule has 0 radical (unpaired) electrons. The van der Waals surface area contributed by atoms with Crippen molar-refractivity contribution in [3.63, 3.8) is 0 Å². The average Bonchev–Trinajstić information content (AvgIpc) is 2.76. The molecule has 0 fully saturated rings. The number of nitrogens with one attached hydrogen (secondary N) is 1. The fourth-order valence-electron chi connectivity index (χ4n) is 2.23. The monoisotopic (exact) mass is 259 g/mol. The van der Waals surface area contributed by atoms with Gasteiger partial charge in [-0.05, 0) is 44.0 Å². The summed E-state index contributed by atoms with van der Waals surface area (Å²) < 4.78 is 13.3. The van der Waals surface area contributed by atoms with Crippen LogP contribution >= 0.6 is 0 Å². The van der Waals surface area contributed by atoms with E-state index in [0.29, 0.717) is 12.6 Å². The van der Waals surface area contributed by atoms with Crippen LogP contribution in [0.5, 0.6) is 0 Å². The predicted molar refractivity (Wildman–Crippen MR) is 74.3 cm³/mol. The van der Waals surface area contributed by atoms with Crippen LogP contribution in [0, 0.1) is 17.1 Å². The van der Waals surface area contributed by atoms with E-state index in [9.17, 15) is 4.39 Å². The van der Waals surface area contributed by atoms with Crippen molar-refractivity contribution in [2.75, 3.05) is 13.1 Å². The fourth-order valence-corrected chi connectivity index (χ4v) is 2.23. The summed E-state index contributed by atoms with van der Waals surface area (Å²) in [7, 11) is 0. The van der Waals surface area contributed by atoms with Crippen molar-refractivity contribution in [2.45, 2.75) is 26.3 Å². The van der Waals surface area contributed by atoms with Gasteiger partial charge in [-0.3, -0.25) is 4.90 Å². The Bertz CT molecular complexity index is 595. The molecule has 0 saturated carbocycles. The minimum atomic E-state index is -0.217. The Kier molecular flexibility index (Phi) is 4.18. The zero-order valence-corrected chi connectivity index (χ0v) is 11.3. The van der Waals surface area contributed by atoms with Crippen LogP contribution in [0.25, 0.3) is 10.9 Å². The standard InChI is InChI=1S/C15H18FN3/c1-11(2)19(8-6-17)7-5-12-10-18-15-4-3-13(16)9-14(12)15/h3-4,9-11,18H,5,7-8H2,1-2H3. The smallest absolute Gasteiger partial charge is 0.123 e. The zero-order chi connectivity index (χ0) is 13.8. The Morgan fingerprint density at radius 1 is 1.42 bits per heavy atom. The van der Waals surface area contributed by atoms with Crippen molar-refractivity contribution in [2.24, 2.45) is 0 Å². The number of halogens is 1. The van der Waals surface area contributed by atoms with Crippen molar-refractivity contribution in [3.8, 4) is 6.07 Å². The molecule has 0 aliphatic heterocycles. The van der Waals surface area contributed by atoms with Gasteiger partial charge in [-0.1, -0.05) is 0 Å². The molecule has 1 N–H and O–H groups in total. The highest BCUT2D eigenvalue weighted by Crippen LogP contribution is 2.20. The second-order valence-corrected chi connectivity index (χ2v) is 4.98. The molecule has 4 heteroatoms. The maximum atomic E-state index is 13.3. The molecule has 1 heterocycles. The highest BCUT2D eigenvalue weighted by molar-refractivity contribution is 5.83. The van der Waals surface area contributed by atoms with Gasteiger partial charge in [0, 0.05) is 29.7 Å². The Hall–Kier alpha value is -1.86. The molecule has 2 rings (SSSR count). The molecule has 0 saturated heterocycles. The summed E-state index contributed by atoms with van der Waals surface area (Å²) in [6, 6.07) is 7.29. The summed E-state index contributed by atoms with van der Waals surface area (Å²) in [5.41, 5.74) is 2.05. The first-order valence-corrected chi connectivity index (χ1v) is 6.48. The Balaban J connectivity index is 2.13. The lowest BCUT2D eigenvalue weighted by molar-refractivity contribution is 0.252. The van der Waals surface area contributed by atoms with E-state index >= 15 is 0 Å². The van der Waals surface area contributed by atoms with E-state index in [4.69, 9.17) is 5.26 Å². The Morgan fingerprint density at radius 2 is 2.21 bits per heavy atom. The van der Waals surface area contributed by atoms with Crippen molar-refractivity contribution < 1.29 is 4.39 Å². The Morgan fingerprint density at radius 3 is 2.89 bits per heavy atom. The van der Waals surface area contributed by atoms with Crippen molar-refractivity contribution >= 4 is 10.9 Å². The molecule has 0 spiro atoms. The van der Waals surface area contributed by atoms with E-state index in [-0.39, 0.29) is 5.82 Å². The molecule has 0 aliphatic rings. The number of benzene rings is 1. The molecule has 19 heavy (non-hydrogen) atoms. The van der Waals surface area contributed by atoms with Crippen LogP contribution in [-0.2, 0) is 6.42 Å². The lowest BCUT2D eigenvalue weighted by Crippen LogP contribution is -2.33. The van der Waals surface area contributed by atoms with Crippen molar-refractivity contribution in [1.82, 2.24) is 9.88 Å². The number of H-pyrrole nitrogens is 1. The summed E-state index contributed by atoms with van der Waals surface area (Å²) >= 11 is 0. The number of nitrogens with zero attached hydrogens (tertiary/aromatic N) is 2. The van der Waals surface area contributed by atoms with Crippen LogP contribution in [0.15, 0.2) is 24.4 Å². The molecule has 100 valence electrons. The van der Waals surface area contributed by atoms with Gasteiger partial charge in [0.05, 0.1) is 12.6 Å². The first-order valence-electron chi connectivity index (χ1n) is 6.48. The summed E-state index contributed by atoms with van der Waals surface area (Å²) in [6.07, 6.45) is 2.73. The van der Waals surface area contributed by atoms with E-state index in [1.807, 2.05) is 6.20 Å². The van der Waals surface area contributed by atoms with Crippen molar-refractivity contribution in [1.29, 1.82) is 5.26 Å². The highest BCUT2D eigenvalue weighted by Gasteiger charge is 2.11. The van der Waals surface area contributed by atoms with Crippen LogP contribution in [0.2, 0.25) is 0 Å². The molecular formula is C15H18FN3.